The Labute approximate surface area is 169 Å². The number of aryl methyl sites for hydroxylation is 2. The largest absolute Gasteiger partial charge is 0.476 e. The van der Waals surface area contributed by atoms with Crippen LogP contribution in [-0.4, -0.2) is 43.6 Å². The number of halogens is 1. The number of aliphatic hydroxyl groups excluding tert-OH is 1. The molecule has 1 amide bonds. The average molecular weight is 416 g/mol. The zero-order valence-electron chi connectivity index (χ0n) is 15.5. The number of nitrogens with one attached hydrogen (secondary N) is 1. The van der Waals surface area contributed by atoms with E-state index in [-0.39, 0.29) is 12.4 Å². The molecule has 1 atom stereocenters. The van der Waals surface area contributed by atoms with E-state index in [1.54, 1.807) is 31.5 Å². The Morgan fingerprint density at radius 3 is 2.69 bits per heavy atom. The number of carboxylic acids is 1. The monoisotopic (exact) mass is 416 g/mol. The zero-order chi connectivity index (χ0) is 21.1. The van der Waals surface area contributed by atoms with Crippen molar-refractivity contribution in [2.24, 2.45) is 0 Å². The molecule has 3 aromatic rings. The zero-order valence-corrected chi connectivity index (χ0v) is 16.3. The molecule has 0 radical (unpaired) electrons. The normalized spacial score (nSPS) is 11.9. The van der Waals surface area contributed by atoms with Gasteiger partial charge in [-0.1, -0.05) is 12.1 Å². The summed E-state index contributed by atoms with van der Waals surface area (Å²) in [5, 5.41) is 21.9. The molecule has 0 bridgehead atoms. The first-order chi connectivity index (χ1) is 13.8. The third kappa shape index (κ3) is 4.44. The minimum absolute atomic E-state index is 0.00173. The van der Waals surface area contributed by atoms with Crippen molar-refractivity contribution < 1.29 is 24.2 Å². The molecule has 29 heavy (non-hydrogen) atoms. The fraction of sp³-hybridized carbons (Fsp3) is 0.211. The molecule has 3 rings (SSSR count). The van der Waals surface area contributed by atoms with Gasteiger partial charge < -0.3 is 15.5 Å². The number of carbonyl (C=O) groups is 2. The second-order valence-corrected chi connectivity index (χ2v) is 7.14. The number of carbonyl (C=O) groups excluding carboxylic acids is 1. The number of benzene rings is 1. The smallest absolute Gasteiger partial charge is 0.357 e. The van der Waals surface area contributed by atoms with Gasteiger partial charge in [-0.25, -0.2) is 24.1 Å². The molecule has 10 heteroatoms. The maximum absolute atomic E-state index is 13.5. The van der Waals surface area contributed by atoms with Crippen molar-refractivity contribution in [3.8, 4) is 11.4 Å². The van der Waals surface area contributed by atoms with Crippen LogP contribution in [0.2, 0.25) is 0 Å². The second-order valence-electron chi connectivity index (χ2n) is 6.25. The van der Waals surface area contributed by atoms with Crippen molar-refractivity contribution in [1.29, 1.82) is 0 Å². The van der Waals surface area contributed by atoms with E-state index in [0.29, 0.717) is 27.3 Å². The van der Waals surface area contributed by atoms with Gasteiger partial charge in [0.1, 0.15) is 6.10 Å². The molecule has 0 aliphatic carbocycles. The molecule has 2 aromatic heterocycles. The lowest BCUT2D eigenvalue weighted by Crippen LogP contribution is -2.29. The number of rotatable bonds is 6. The van der Waals surface area contributed by atoms with Gasteiger partial charge in [-0.2, -0.15) is 0 Å². The highest BCUT2D eigenvalue weighted by atomic mass is 32.1. The number of hydrogen-bond acceptors (Lipinski definition) is 7. The van der Waals surface area contributed by atoms with Gasteiger partial charge in [0.2, 0.25) is 0 Å². The van der Waals surface area contributed by atoms with Gasteiger partial charge in [0.25, 0.3) is 5.91 Å². The van der Waals surface area contributed by atoms with Crippen LogP contribution in [0.3, 0.4) is 0 Å². The first-order valence-corrected chi connectivity index (χ1v) is 9.39. The highest BCUT2D eigenvalue weighted by Crippen LogP contribution is 2.22. The van der Waals surface area contributed by atoms with Gasteiger partial charge in [-0.15, -0.1) is 11.3 Å². The Bertz CT molecular complexity index is 1090. The van der Waals surface area contributed by atoms with Crippen LogP contribution in [-0.2, 0) is 0 Å². The van der Waals surface area contributed by atoms with Crippen molar-refractivity contribution in [3.05, 3.63) is 63.1 Å². The highest BCUT2D eigenvalue weighted by Gasteiger charge is 2.18. The molecule has 0 fully saturated rings. The molecule has 3 N–H and O–H groups in total. The summed E-state index contributed by atoms with van der Waals surface area (Å²) in [4.78, 5) is 36.0. The van der Waals surface area contributed by atoms with Crippen molar-refractivity contribution in [3.63, 3.8) is 0 Å². The van der Waals surface area contributed by atoms with Crippen LogP contribution in [0.4, 0.5) is 4.39 Å². The van der Waals surface area contributed by atoms with Crippen molar-refractivity contribution in [2.45, 2.75) is 20.0 Å². The summed E-state index contributed by atoms with van der Waals surface area (Å²) in [7, 11) is 0. The fourth-order valence-electron chi connectivity index (χ4n) is 2.67. The number of nitrogens with zero attached hydrogens (tertiary/aromatic N) is 3. The minimum atomic E-state index is -1.51. The molecule has 0 saturated carbocycles. The van der Waals surface area contributed by atoms with Gasteiger partial charge in [0, 0.05) is 17.7 Å². The van der Waals surface area contributed by atoms with Crippen LogP contribution in [0, 0.1) is 19.7 Å². The van der Waals surface area contributed by atoms with E-state index >= 15 is 0 Å². The molecule has 1 aromatic carbocycles. The van der Waals surface area contributed by atoms with Crippen LogP contribution < -0.4 is 5.32 Å². The third-order valence-electron chi connectivity index (χ3n) is 4.23. The Morgan fingerprint density at radius 1 is 1.28 bits per heavy atom. The Kier molecular flexibility index (Phi) is 5.95. The number of hydrogen-bond donors (Lipinski definition) is 3. The predicted molar refractivity (Wildman–Crippen MR) is 103 cm³/mol. The summed E-state index contributed by atoms with van der Waals surface area (Å²) >= 11 is 1.31. The number of amides is 1. The van der Waals surface area contributed by atoms with Crippen molar-refractivity contribution >= 4 is 23.2 Å². The molecule has 0 unspecified atom stereocenters. The first-order valence-electron chi connectivity index (χ1n) is 8.51. The van der Waals surface area contributed by atoms with Gasteiger partial charge in [0.05, 0.1) is 22.3 Å². The van der Waals surface area contributed by atoms with E-state index < -0.39 is 29.5 Å². The SMILES string of the molecule is Cc1ccc(-c2ncc(F)c(C(=O)O)n2)cc1C(=O)NC[C@@H](O)c1scnc1C. The summed E-state index contributed by atoms with van der Waals surface area (Å²) in [6.45, 7) is 3.51. The molecule has 0 aliphatic heterocycles. The molecular weight excluding hydrogens is 399 g/mol. The molecule has 0 spiro atoms. The van der Waals surface area contributed by atoms with E-state index in [9.17, 15) is 19.1 Å². The minimum Gasteiger partial charge on any atom is -0.476 e. The Hall–Kier alpha value is -3.24. The summed E-state index contributed by atoms with van der Waals surface area (Å²) < 4.78 is 13.5. The predicted octanol–water partition coefficient (Wildman–Crippen LogP) is 2.52. The number of carboxylic acid groups (broad SMARTS) is 1. The van der Waals surface area contributed by atoms with Crippen molar-refractivity contribution in [2.75, 3.05) is 6.54 Å². The van der Waals surface area contributed by atoms with Crippen LogP contribution in [0.25, 0.3) is 11.4 Å². The van der Waals surface area contributed by atoms with E-state index in [2.05, 4.69) is 20.3 Å². The number of aliphatic hydroxyl groups is 1. The Balaban J connectivity index is 1.82. The Morgan fingerprint density at radius 2 is 2.03 bits per heavy atom. The molecule has 2 heterocycles. The lowest BCUT2D eigenvalue weighted by atomic mass is 10.0. The van der Waals surface area contributed by atoms with Gasteiger partial charge >= 0.3 is 5.97 Å². The van der Waals surface area contributed by atoms with Crippen LogP contribution in [0.15, 0.2) is 29.9 Å². The second kappa shape index (κ2) is 8.41. The number of thiazole rings is 1. The third-order valence-corrected chi connectivity index (χ3v) is 5.26. The van der Waals surface area contributed by atoms with E-state index in [1.165, 1.54) is 17.4 Å². The molecule has 0 saturated heterocycles. The number of aromatic nitrogens is 3. The average Bonchev–Trinajstić information content (AvgIpc) is 3.12. The summed E-state index contributed by atoms with van der Waals surface area (Å²) in [6.07, 6.45) is -0.104. The molecule has 150 valence electrons. The highest BCUT2D eigenvalue weighted by molar-refractivity contribution is 7.09. The van der Waals surface area contributed by atoms with E-state index in [4.69, 9.17) is 5.11 Å². The maximum atomic E-state index is 13.5. The van der Waals surface area contributed by atoms with Gasteiger partial charge in [0.15, 0.2) is 17.3 Å². The van der Waals surface area contributed by atoms with Crippen molar-refractivity contribution in [1.82, 2.24) is 20.3 Å². The maximum Gasteiger partial charge on any atom is 0.357 e. The lowest BCUT2D eigenvalue weighted by molar-refractivity contribution is 0.0684. The van der Waals surface area contributed by atoms with Crippen LogP contribution in [0.1, 0.15) is 43.1 Å². The lowest BCUT2D eigenvalue weighted by Gasteiger charge is -2.13. The van der Waals surface area contributed by atoms with Crippen LogP contribution >= 0.6 is 11.3 Å². The topological polar surface area (TPSA) is 125 Å². The summed E-state index contributed by atoms with van der Waals surface area (Å²) in [6, 6.07) is 4.76. The molecular formula is C19H17FN4O4S. The molecule has 8 nitrogen and oxygen atoms in total. The van der Waals surface area contributed by atoms with Crippen LogP contribution in [0.5, 0.6) is 0 Å². The summed E-state index contributed by atoms with van der Waals surface area (Å²) in [5.41, 5.74) is 2.91. The number of aromatic carboxylic acids is 1. The summed E-state index contributed by atoms with van der Waals surface area (Å²) in [5.74, 6) is -2.99. The van der Waals surface area contributed by atoms with Gasteiger partial charge in [-0.05, 0) is 25.5 Å². The standard InChI is InChI=1S/C19H17FN4O4S/c1-9-3-4-11(17-21-6-13(20)15(24-17)19(27)28)5-12(9)18(26)22-7-14(25)16-10(2)23-8-29-16/h3-6,8,14,25H,7H2,1-2H3,(H,22,26)(H,27,28)/t14-/m1/s1. The van der Waals surface area contributed by atoms with Gasteiger partial charge in [-0.3, -0.25) is 4.79 Å². The fourth-order valence-corrected chi connectivity index (χ4v) is 3.46. The first kappa shape index (κ1) is 20.5. The molecule has 0 aliphatic rings. The quantitative estimate of drug-likeness (QED) is 0.564. The van der Waals surface area contributed by atoms with E-state index in [0.717, 1.165) is 6.20 Å². The van der Waals surface area contributed by atoms with E-state index in [1.807, 2.05) is 0 Å².